The number of rotatable bonds is 7. The van der Waals surface area contributed by atoms with Gasteiger partial charge in [0.15, 0.2) is 0 Å². The molecule has 1 aromatic rings. The molecule has 4 heteroatoms. The first kappa shape index (κ1) is 16.8. The van der Waals surface area contributed by atoms with Crippen LogP contribution < -0.4 is 10.1 Å². The maximum absolute atomic E-state index is 6.05. The van der Waals surface area contributed by atoms with Gasteiger partial charge in [-0.25, -0.2) is 0 Å². The van der Waals surface area contributed by atoms with Crippen LogP contribution in [0.4, 0.5) is 0 Å². The number of hydrogen-bond donors (Lipinski definition) is 1. The van der Waals surface area contributed by atoms with Crippen molar-refractivity contribution in [2.75, 3.05) is 19.8 Å². The summed E-state index contributed by atoms with van der Waals surface area (Å²) in [5.74, 6) is 1.60. The summed E-state index contributed by atoms with van der Waals surface area (Å²) >= 11 is 3.60. The SMILES string of the molecule is CC(C)CNCc1cccc(Br)c1OCC1CCCCO1. The van der Waals surface area contributed by atoms with Crippen LogP contribution in [0.3, 0.4) is 0 Å². The van der Waals surface area contributed by atoms with E-state index in [4.69, 9.17) is 9.47 Å². The molecular weight excluding hydrogens is 330 g/mol. The normalized spacial score (nSPS) is 19.0. The minimum absolute atomic E-state index is 0.238. The zero-order valence-electron chi connectivity index (χ0n) is 13.0. The van der Waals surface area contributed by atoms with Crippen LogP contribution >= 0.6 is 15.9 Å². The van der Waals surface area contributed by atoms with Gasteiger partial charge in [0.05, 0.1) is 10.6 Å². The molecule has 0 spiro atoms. The van der Waals surface area contributed by atoms with Crippen LogP contribution in [0.1, 0.15) is 38.7 Å². The summed E-state index contributed by atoms with van der Waals surface area (Å²) in [5.41, 5.74) is 1.20. The highest BCUT2D eigenvalue weighted by molar-refractivity contribution is 9.10. The van der Waals surface area contributed by atoms with E-state index in [9.17, 15) is 0 Å². The second kappa shape index (κ2) is 8.76. The summed E-state index contributed by atoms with van der Waals surface area (Å²) in [6.45, 7) is 7.78. The lowest BCUT2D eigenvalue weighted by Gasteiger charge is -2.23. The fourth-order valence-corrected chi connectivity index (χ4v) is 2.99. The second-order valence-electron chi connectivity index (χ2n) is 6.05. The quantitative estimate of drug-likeness (QED) is 0.796. The fourth-order valence-electron chi connectivity index (χ4n) is 2.46. The van der Waals surface area contributed by atoms with Crippen LogP contribution in [0, 0.1) is 5.92 Å². The van der Waals surface area contributed by atoms with E-state index in [1.54, 1.807) is 0 Å². The van der Waals surface area contributed by atoms with Gasteiger partial charge in [0.25, 0.3) is 0 Å². The molecule has 0 aliphatic carbocycles. The van der Waals surface area contributed by atoms with Crippen molar-refractivity contribution in [2.24, 2.45) is 5.92 Å². The first-order chi connectivity index (χ1) is 10.2. The Kier molecular flexibility index (Phi) is 7.00. The molecule has 118 valence electrons. The molecule has 1 aliphatic heterocycles. The Morgan fingerprint density at radius 3 is 2.95 bits per heavy atom. The molecule has 0 amide bonds. The summed E-state index contributed by atoms with van der Waals surface area (Å²) in [4.78, 5) is 0. The predicted molar refractivity (Wildman–Crippen MR) is 89.8 cm³/mol. The molecule has 2 rings (SSSR count). The molecule has 1 fully saturated rings. The van der Waals surface area contributed by atoms with Crippen LogP contribution in [0.5, 0.6) is 5.75 Å². The molecule has 1 atom stereocenters. The van der Waals surface area contributed by atoms with Crippen LogP contribution in [-0.2, 0) is 11.3 Å². The summed E-state index contributed by atoms with van der Waals surface area (Å²) in [6, 6.07) is 6.21. The van der Waals surface area contributed by atoms with E-state index in [-0.39, 0.29) is 6.10 Å². The van der Waals surface area contributed by atoms with E-state index in [1.807, 2.05) is 6.07 Å². The molecule has 1 heterocycles. The van der Waals surface area contributed by atoms with Crippen molar-refractivity contribution in [1.29, 1.82) is 0 Å². The van der Waals surface area contributed by atoms with E-state index < -0.39 is 0 Å². The van der Waals surface area contributed by atoms with Gasteiger partial charge in [0, 0.05) is 18.7 Å². The van der Waals surface area contributed by atoms with Gasteiger partial charge in [-0.1, -0.05) is 26.0 Å². The average molecular weight is 356 g/mol. The van der Waals surface area contributed by atoms with Gasteiger partial charge in [0.1, 0.15) is 12.4 Å². The maximum atomic E-state index is 6.05. The van der Waals surface area contributed by atoms with Gasteiger partial charge in [-0.2, -0.15) is 0 Å². The molecule has 1 aromatic carbocycles. The molecular formula is C17H26BrNO2. The first-order valence-electron chi connectivity index (χ1n) is 7.89. The van der Waals surface area contributed by atoms with Crippen LogP contribution in [0.15, 0.2) is 22.7 Å². The number of hydrogen-bond acceptors (Lipinski definition) is 3. The Morgan fingerprint density at radius 2 is 2.24 bits per heavy atom. The molecule has 1 unspecified atom stereocenters. The lowest BCUT2D eigenvalue weighted by Crippen LogP contribution is -2.26. The number of para-hydroxylation sites is 1. The van der Waals surface area contributed by atoms with Gasteiger partial charge in [-0.05, 0) is 53.7 Å². The van der Waals surface area contributed by atoms with Crippen LogP contribution in [0.25, 0.3) is 0 Å². The Morgan fingerprint density at radius 1 is 1.38 bits per heavy atom. The Balaban J connectivity index is 1.92. The lowest BCUT2D eigenvalue weighted by molar-refractivity contribution is -0.0114. The molecule has 1 saturated heterocycles. The average Bonchev–Trinajstić information content (AvgIpc) is 2.47. The van der Waals surface area contributed by atoms with Crippen molar-refractivity contribution in [3.8, 4) is 5.75 Å². The standard InChI is InChI=1S/C17H26BrNO2/c1-13(2)10-19-11-14-6-5-8-16(18)17(14)21-12-15-7-3-4-9-20-15/h5-6,8,13,15,19H,3-4,7,9-12H2,1-2H3. The summed E-state index contributed by atoms with van der Waals surface area (Å²) in [6.07, 6.45) is 3.76. The highest BCUT2D eigenvalue weighted by atomic mass is 79.9. The maximum Gasteiger partial charge on any atom is 0.138 e. The van der Waals surface area contributed by atoms with Crippen LogP contribution in [-0.4, -0.2) is 25.9 Å². The summed E-state index contributed by atoms with van der Waals surface area (Å²) < 4.78 is 12.8. The monoisotopic (exact) mass is 355 g/mol. The largest absolute Gasteiger partial charge is 0.489 e. The fraction of sp³-hybridized carbons (Fsp3) is 0.647. The zero-order valence-corrected chi connectivity index (χ0v) is 14.6. The number of nitrogens with one attached hydrogen (secondary N) is 1. The zero-order chi connectivity index (χ0) is 15.1. The Bertz CT molecular complexity index is 431. The minimum Gasteiger partial charge on any atom is -0.489 e. The molecule has 0 radical (unpaired) electrons. The second-order valence-corrected chi connectivity index (χ2v) is 6.91. The number of halogens is 1. The van der Waals surface area contributed by atoms with Gasteiger partial charge < -0.3 is 14.8 Å². The van der Waals surface area contributed by atoms with Crippen LogP contribution in [0.2, 0.25) is 0 Å². The molecule has 3 nitrogen and oxygen atoms in total. The smallest absolute Gasteiger partial charge is 0.138 e. The molecule has 1 aliphatic rings. The topological polar surface area (TPSA) is 30.5 Å². The van der Waals surface area contributed by atoms with E-state index in [1.165, 1.54) is 18.4 Å². The molecule has 0 bridgehead atoms. The minimum atomic E-state index is 0.238. The van der Waals surface area contributed by atoms with Gasteiger partial charge in [-0.15, -0.1) is 0 Å². The van der Waals surface area contributed by atoms with Crippen molar-refractivity contribution in [2.45, 2.75) is 45.8 Å². The van der Waals surface area contributed by atoms with Crippen molar-refractivity contribution in [1.82, 2.24) is 5.32 Å². The van der Waals surface area contributed by atoms with E-state index in [2.05, 4.69) is 47.2 Å². The number of benzene rings is 1. The highest BCUT2D eigenvalue weighted by Gasteiger charge is 2.16. The van der Waals surface area contributed by atoms with E-state index in [0.29, 0.717) is 12.5 Å². The molecule has 0 aromatic heterocycles. The van der Waals surface area contributed by atoms with Gasteiger partial charge in [-0.3, -0.25) is 0 Å². The molecule has 21 heavy (non-hydrogen) atoms. The van der Waals surface area contributed by atoms with E-state index in [0.717, 1.165) is 36.3 Å². The van der Waals surface area contributed by atoms with Crippen molar-refractivity contribution in [3.63, 3.8) is 0 Å². The predicted octanol–water partition coefficient (Wildman–Crippen LogP) is 4.14. The molecule has 0 saturated carbocycles. The van der Waals surface area contributed by atoms with Crippen molar-refractivity contribution in [3.05, 3.63) is 28.2 Å². The first-order valence-corrected chi connectivity index (χ1v) is 8.68. The third-order valence-electron chi connectivity index (χ3n) is 3.60. The van der Waals surface area contributed by atoms with Crippen molar-refractivity contribution >= 4 is 15.9 Å². The highest BCUT2D eigenvalue weighted by Crippen LogP contribution is 2.29. The van der Waals surface area contributed by atoms with Gasteiger partial charge in [0.2, 0.25) is 0 Å². The summed E-state index contributed by atoms with van der Waals surface area (Å²) in [7, 11) is 0. The Hall–Kier alpha value is -0.580. The van der Waals surface area contributed by atoms with Crippen molar-refractivity contribution < 1.29 is 9.47 Å². The lowest BCUT2D eigenvalue weighted by atomic mass is 10.1. The Labute approximate surface area is 136 Å². The van der Waals surface area contributed by atoms with Gasteiger partial charge >= 0.3 is 0 Å². The van der Waals surface area contributed by atoms with E-state index >= 15 is 0 Å². The third kappa shape index (κ3) is 5.61. The number of ether oxygens (including phenoxy) is 2. The molecule has 1 N–H and O–H groups in total. The third-order valence-corrected chi connectivity index (χ3v) is 4.23. The summed E-state index contributed by atoms with van der Waals surface area (Å²) in [5, 5.41) is 3.47.